The van der Waals surface area contributed by atoms with E-state index in [2.05, 4.69) is 15.3 Å². The Morgan fingerprint density at radius 1 is 1.12 bits per heavy atom. The van der Waals surface area contributed by atoms with Crippen LogP contribution in [-0.2, 0) is 5.54 Å². The number of hydroxylamine groups is 1. The lowest BCUT2D eigenvalue weighted by atomic mass is 9.76. The van der Waals surface area contributed by atoms with E-state index in [1.165, 1.54) is 18.5 Å². The second-order valence-electron chi connectivity index (χ2n) is 6.15. The molecule has 7 heteroatoms. The molecule has 4 N–H and O–H groups in total. The Hall–Kier alpha value is -2.09. The quantitative estimate of drug-likeness (QED) is 0.497. The fraction of sp³-hybridized carbons (Fsp3) is 0.412. The van der Waals surface area contributed by atoms with Crippen molar-refractivity contribution in [3.05, 3.63) is 53.6 Å². The molecule has 24 heavy (non-hydrogen) atoms. The van der Waals surface area contributed by atoms with E-state index >= 15 is 0 Å². The highest BCUT2D eigenvalue weighted by Crippen LogP contribution is 2.39. The van der Waals surface area contributed by atoms with Crippen LogP contribution in [0.3, 0.4) is 0 Å². The molecule has 1 unspecified atom stereocenters. The van der Waals surface area contributed by atoms with Crippen molar-refractivity contribution in [2.24, 2.45) is 0 Å². The Labute approximate surface area is 139 Å². The first kappa shape index (κ1) is 16.8. The van der Waals surface area contributed by atoms with Gasteiger partial charge >= 0.3 is 0 Å². The van der Waals surface area contributed by atoms with Gasteiger partial charge in [-0.1, -0.05) is 31.4 Å². The molecule has 1 aromatic carbocycles. The van der Waals surface area contributed by atoms with Crippen LogP contribution in [0.5, 0.6) is 0 Å². The molecule has 1 heterocycles. The van der Waals surface area contributed by atoms with Gasteiger partial charge in [0.15, 0.2) is 6.23 Å². The van der Waals surface area contributed by atoms with Crippen LogP contribution in [0.4, 0.5) is 10.3 Å². The van der Waals surface area contributed by atoms with Gasteiger partial charge in [-0.2, -0.15) is 5.48 Å². The van der Waals surface area contributed by atoms with Gasteiger partial charge in [0.2, 0.25) is 5.95 Å². The molecule has 0 saturated heterocycles. The summed E-state index contributed by atoms with van der Waals surface area (Å²) in [5.74, 6) is 0.155. The minimum atomic E-state index is -1.23. The molecule has 3 rings (SSSR count). The number of aliphatic hydroxyl groups excluding tert-OH is 1. The summed E-state index contributed by atoms with van der Waals surface area (Å²) in [5, 5.41) is 21.6. The fourth-order valence-electron chi connectivity index (χ4n) is 3.26. The van der Waals surface area contributed by atoms with Crippen molar-refractivity contribution >= 4 is 5.95 Å². The van der Waals surface area contributed by atoms with Gasteiger partial charge in [0.05, 0.1) is 5.54 Å². The number of nitrogens with one attached hydrogen (secondary N) is 2. The summed E-state index contributed by atoms with van der Waals surface area (Å²) in [6.45, 7) is 0. The molecule has 1 saturated carbocycles. The minimum Gasteiger partial charge on any atom is -0.372 e. The van der Waals surface area contributed by atoms with Crippen LogP contribution in [0.15, 0.2) is 36.7 Å². The van der Waals surface area contributed by atoms with Crippen molar-refractivity contribution in [3.63, 3.8) is 0 Å². The first-order valence-corrected chi connectivity index (χ1v) is 8.07. The highest BCUT2D eigenvalue weighted by atomic mass is 19.1. The molecule has 0 bridgehead atoms. The van der Waals surface area contributed by atoms with Crippen LogP contribution in [0.1, 0.15) is 49.5 Å². The lowest BCUT2D eigenvalue weighted by molar-refractivity contribution is 0.000311. The molecule has 1 aliphatic carbocycles. The molecule has 1 fully saturated rings. The monoisotopic (exact) mass is 332 g/mol. The number of nitrogens with zero attached hydrogens (tertiary/aromatic N) is 2. The van der Waals surface area contributed by atoms with Crippen LogP contribution in [0, 0.1) is 5.82 Å². The summed E-state index contributed by atoms with van der Waals surface area (Å²) in [7, 11) is 0. The molecule has 1 aromatic heterocycles. The highest BCUT2D eigenvalue weighted by molar-refractivity contribution is 5.38. The predicted molar refractivity (Wildman–Crippen MR) is 86.7 cm³/mol. The molecular formula is C17H21FN4O2. The maximum absolute atomic E-state index is 13.7. The van der Waals surface area contributed by atoms with Crippen LogP contribution in [0.2, 0.25) is 0 Å². The zero-order chi connectivity index (χ0) is 17.0. The van der Waals surface area contributed by atoms with Gasteiger partial charge in [-0.15, -0.1) is 0 Å². The van der Waals surface area contributed by atoms with Crippen LogP contribution >= 0.6 is 0 Å². The summed E-state index contributed by atoms with van der Waals surface area (Å²) in [4.78, 5) is 8.42. The molecule has 1 atom stereocenters. The van der Waals surface area contributed by atoms with Crippen molar-refractivity contribution < 1.29 is 14.7 Å². The van der Waals surface area contributed by atoms with Gasteiger partial charge in [-0.25, -0.2) is 14.4 Å². The van der Waals surface area contributed by atoms with Crippen LogP contribution in [0.25, 0.3) is 0 Å². The number of aromatic nitrogens is 2. The predicted octanol–water partition coefficient (Wildman–Crippen LogP) is 2.86. The summed E-state index contributed by atoms with van der Waals surface area (Å²) >= 11 is 0. The minimum absolute atomic E-state index is 0.257. The molecule has 6 nitrogen and oxygen atoms in total. The summed E-state index contributed by atoms with van der Waals surface area (Å²) in [5.41, 5.74) is 2.59. The van der Waals surface area contributed by atoms with Gasteiger partial charge < -0.3 is 15.6 Å². The molecule has 2 aromatic rings. The van der Waals surface area contributed by atoms with Crippen molar-refractivity contribution in [1.82, 2.24) is 15.4 Å². The molecule has 0 amide bonds. The average Bonchev–Trinajstić information content (AvgIpc) is 2.62. The number of aliphatic hydroxyl groups is 1. The molecule has 0 aliphatic heterocycles. The van der Waals surface area contributed by atoms with Gasteiger partial charge in [0.25, 0.3) is 0 Å². The number of hydrogen-bond donors (Lipinski definition) is 4. The van der Waals surface area contributed by atoms with E-state index in [1.54, 1.807) is 17.6 Å². The SMILES string of the molecule is ONC(O)c1cnc(NC2(c3cccc(F)c3)CCCCC2)nc1. The standard InChI is InChI=1S/C17H21FN4O2/c18-14-6-4-5-13(9-14)17(7-2-1-3-8-17)21-16-19-10-12(11-20-16)15(23)22-24/h4-6,9-11,15,22-24H,1-3,7-8H2,(H,19,20,21). The van der Waals surface area contributed by atoms with Gasteiger partial charge in [-0.3, -0.25) is 0 Å². The number of rotatable bonds is 5. The van der Waals surface area contributed by atoms with Crippen molar-refractivity contribution in [2.75, 3.05) is 5.32 Å². The first-order valence-electron chi connectivity index (χ1n) is 8.07. The lowest BCUT2D eigenvalue weighted by Crippen LogP contribution is -2.38. The largest absolute Gasteiger partial charge is 0.372 e. The Kier molecular flexibility index (Phi) is 5.03. The van der Waals surface area contributed by atoms with E-state index < -0.39 is 11.8 Å². The van der Waals surface area contributed by atoms with Crippen molar-refractivity contribution in [3.8, 4) is 0 Å². The smallest absolute Gasteiger partial charge is 0.223 e. The zero-order valence-electron chi connectivity index (χ0n) is 13.2. The fourth-order valence-corrected chi connectivity index (χ4v) is 3.26. The van der Waals surface area contributed by atoms with Crippen molar-refractivity contribution in [2.45, 2.75) is 43.9 Å². The van der Waals surface area contributed by atoms with Crippen LogP contribution in [-0.4, -0.2) is 20.3 Å². The number of halogens is 1. The average molecular weight is 332 g/mol. The highest BCUT2D eigenvalue weighted by Gasteiger charge is 2.34. The number of benzene rings is 1. The molecule has 128 valence electrons. The van der Waals surface area contributed by atoms with Crippen LogP contribution < -0.4 is 10.8 Å². The third-order valence-electron chi connectivity index (χ3n) is 4.55. The Morgan fingerprint density at radius 3 is 2.46 bits per heavy atom. The zero-order valence-corrected chi connectivity index (χ0v) is 13.2. The second-order valence-corrected chi connectivity index (χ2v) is 6.15. The van der Waals surface area contributed by atoms with E-state index in [0.29, 0.717) is 11.5 Å². The maximum Gasteiger partial charge on any atom is 0.223 e. The normalized spacial score (nSPS) is 18.1. The summed E-state index contributed by atoms with van der Waals surface area (Å²) < 4.78 is 13.7. The Balaban J connectivity index is 1.87. The summed E-state index contributed by atoms with van der Waals surface area (Å²) in [6, 6.07) is 6.64. The molecular weight excluding hydrogens is 311 g/mol. The first-order chi connectivity index (χ1) is 11.6. The van der Waals surface area contributed by atoms with E-state index in [4.69, 9.17) is 5.21 Å². The summed E-state index contributed by atoms with van der Waals surface area (Å²) in [6.07, 6.45) is 6.66. The molecule has 1 aliphatic rings. The topological polar surface area (TPSA) is 90.3 Å². The van der Waals surface area contributed by atoms with E-state index in [0.717, 1.165) is 37.7 Å². The maximum atomic E-state index is 13.7. The van der Waals surface area contributed by atoms with E-state index in [9.17, 15) is 9.50 Å². The lowest BCUT2D eigenvalue weighted by Gasteiger charge is -2.38. The van der Waals surface area contributed by atoms with Gasteiger partial charge in [0, 0.05) is 18.0 Å². The number of anilines is 1. The Bertz CT molecular complexity index is 675. The van der Waals surface area contributed by atoms with Gasteiger partial charge in [-0.05, 0) is 30.5 Å². The third kappa shape index (κ3) is 3.53. The number of hydrogen-bond acceptors (Lipinski definition) is 6. The molecule has 0 spiro atoms. The van der Waals surface area contributed by atoms with Crippen molar-refractivity contribution in [1.29, 1.82) is 0 Å². The Morgan fingerprint density at radius 2 is 1.83 bits per heavy atom. The van der Waals surface area contributed by atoms with E-state index in [-0.39, 0.29) is 5.82 Å². The second kappa shape index (κ2) is 7.21. The molecule has 0 radical (unpaired) electrons. The van der Waals surface area contributed by atoms with Gasteiger partial charge in [0.1, 0.15) is 5.82 Å². The van der Waals surface area contributed by atoms with E-state index in [1.807, 2.05) is 6.07 Å². The third-order valence-corrected chi connectivity index (χ3v) is 4.55.